The van der Waals surface area contributed by atoms with Gasteiger partial charge in [0.2, 0.25) is 0 Å². The number of hydrogen-bond acceptors (Lipinski definition) is 3. The van der Waals surface area contributed by atoms with Gasteiger partial charge < -0.3 is 0 Å². The SMILES string of the molecule is c1ccc(-c2nc(-c3ccc(-c4cccnc4)cc3)cc(-c3ccc(-c4cc5ccc6cccc7c8cccc9ccc%10cccc(c(c4)c5c67)c%10c98)c4ccccc34)n2)cc1. The summed E-state index contributed by atoms with van der Waals surface area (Å²) in [4.78, 5) is 14.8. The van der Waals surface area contributed by atoms with E-state index in [1.807, 2.05) is 30.5 Å². The molecule has 0 aliphatic rings. The molecule has 13 rings (SSSR count). The van der Waals surface area contributed by atoms with Crippen molar-refractivity contribution in [1.29, 1.82) is 0 Å². The highest BCUT2D eigenvalue weighted by Crippen LogP contribution is 2.46. The lowest BCUT2D eigenvalue weighted by molar-refractivity contribution is 1.18. The van der Waals surface area contributed by atoms with Crippen LogP contribution in [0.1, 0.15) is 0 Å². The molecule has 3 nitrogen and oxygen atoms in total. The maximum Gasteiger partial charge on any atom is 0.160 e. The van der Waals surface area contributed by atoms with Crippen LogP contribution in [-0.4, -0.2) is 15.0 Å². The van der Waals surface area contributed by atoms with Crippen LogP contribution in [0.2, 0.25) is 0 Å². The molecule has 0 saturated carbocycles. The van der Waals surface area contributed by atoms with E-state index in [9.17, 15) is 0 Å². The minimum absolute atomic E-state index is 0.695. The van der Waals surface area contributed by atoms with Crippen LogP contribution in [0.4, 0.5) is 0 Å². The molecule has 0 unspecified atom stereocenters. The van der Waals surface area contributed by atoms with Crippen molar-refractivity contribution < 1.29 is 0 Å². The Morgan fingerprint density at radius 2 is 0.806 bits per heavy atom. The Balaban J connectivity index is 1.05. The van der Waals surface area contributed by atoms with Crippen LogP contribution in [-0.2, 0) is 0 Å². The molecule has 0 N–H and O–H groups in total. The van der Waals surface area contributed by atoms with E-state index in [2.05, 4.69) is 181 Å². The first-order chi connectivity index (χ1) is 30.7. The Labute approximate surface area is 357 Å². The number of hydrogen-bond donors (Lipinski definition) is 0. The first kappa shape index (κ1) is 34.6. The Kier molecular flexibility index (Phi) is 7.60. The second-order valence-corrected chi connectivity index (χ2v) is 16.3. The van der Waals surface area contributed by atoms with Crippen LogP contribution >= 0.6 is 0 Å². The molecule has 0 saturated heterocycles. The van der Waals surface area contributed by atoms with Crippen LogP contribution in [0.3, 0.4) is 0 Å². The predicted molar refractivity (Wildman–Crippen MR) is 261 cm³/mol. The average Bonchev–Trinajstić information content (AvgIpc) is 3.35. The highest BCUT2D eigenvalue weighted by molar-refractivity contribution is 6.37. The average molecular weight is 786 g/mol. The molecule has 0 fully saturated rings. The predicted octanol–water partition coefficient (Wildman–Crippen LogP) is 15.7. The van der Waals surface area contributed by atoms with Crippen molar-refractivity contribution >= 4 is 75.4 Å². The molecule has 286 valence electrons. The van der Waals surface area contributed by atoms with Gasteiger partial charge in [-0.15, -0.1) is 0 Å². The second kappa shape index (κ2) is 13.6. The van der Waals surface area contributed by atoms with Gasteiger partial charge in [-0.05, 0) is 122 Å². The largest absolute Gasteiger partial charge is 0.264 e. The van der Waals surface area contributed by atoms with Crippen molar-refractivity contribution in [2.45, 2.75) is 0 Å². The third kappa shape index (κ3) is 5.35. The van der Waals surface area contributed by atoms with Crippen molar-refractivity contribution in [2.24, 2.45) is 0 Å². The highest BCUT2D eigenvalue weighted by Gasteiger charge is 2.19. The van der Waals surface area contributed by atoms with E-state index in [1.165, 1.54) is 81.1 Å². The Morgan fingerprint density at radius 1 is 0.274 bits per heavy atom. The van der Waals surface area contributed by atoms with Crippen LogP contribution in [0.25, 0.3) is 132 Å². The van der Waals surface area contributed by atoms with Crippen molar-refractivity contribution in [3.05, 3.63) is 213 Å². The number of nitrogens with zero attached hydrogens (tertiary/aromatic N) is 3. The highest BCUT2D eigenvalue weighted by atomic mass is 14.9. The van der Waals surface area contributed by atoms with E-state index in [4.69, 9.17) is 9.97 Å². The molecule has 0 spiro atoms. The fourth-order valence-electron chi connectivity index (χ4n) is 10.0. The van der Waals surface area contributed by atoms with Gasteiger partial charge in [0.05, 0.1) is 11.4 Å². The van der Waals surface area contributed by atoms with E-state index in [1.54, 1.807) is 6.20 Å². The zero-order valence-corrected chi connectivity index (χ0v) is 33.5. The first-order valence-corrected chi connectivity index (χ1v) is 21.2. The molecule has 13 aromatic rings. The van der Waals surface area contributed by atoms with Gasteiger partial charge >= 0.3 is 0 Å². The molecule has 0 radical (unpaired) electrons. The third-order valence-electron chi connectivity index (χ3n) is 12.9. The van der Waals surface area contributed by atoms with Crippen LogP contribution in [0.5, 0.6) is 0 Å². The summed E-state index contributed by atoms with van der Waals surface area (Å²) in [5, 5.41) is 17.7. The summed E-state index contributed by atoms with van der Waals surface area (Å²) in [5.41, 5.74) is 9.39. The van der Waals surface area contributed by atoms with Crippen LogP contribution in [0, 0.1) is 0 Å². The number of fused-ring (bicyclic) bond motifs is 3. The molecule has 11 aromatic carbocycles. The summed E-state index contributed by atoms with van der Waals surface area (Å²) >= 11 is 0. The maximum absolute atomic E-state index is 5.28. The first-order valence-electron chi connectivity index (χ1n) is 21.2. The normalized spacial score (nSPS) is 11.9. The Morgan fingerprint density at radius 3 is 1.47 bits per heavy atom. The zero-order chi connectivity index (χ0) is 40.7. The fourth-order valence-corrected chi connectivity index (χ4v) is 10.0. The maximum atomic E-state index is 5.28. The van der Waals surface area contributed by atoms with Gasteiger partial charge in [-0.25, -0.2) is 9.97 Å². The van der Waals surface area contributed by atoms with E-state index in [0.29, 0.717) is 5.82 Å². The summed E-state index contributed by atoms with van der Waals surface area (Å²) in [6, 6.07) is 72.8. The summed E-state index contributed by atoms with van der Waals surface area (Å²) in [6.07, 6.45) is 3.70. The lowest BCUT2D eigenvalue weighted by atomic mass is 9.86. The van der Waals surface area contributed by atoms with Gasteiger partial charge in [-0.3, -0.25) is 4.98 Å². The molecule has 2 aromatic heterocycles. The summed E-state index contributed by atoms with van der Waals surface area (Å²) < 4.78 is 0. The smallest absolute Gasteiger partial charge is 0.160 e. The van der Waals surface area contributed by atoms with Gasteiger partial charge in [-0.1, -0.05) is 176 Å². The second-order valence-electron chi connectivity index (χ2n) is 16.3. The van der Waals surface area contributed by atoms with Gasteiger partial charge in [0.15, 0.2) is 5.82 Å². The molecular weight excluding hydrogens is 751 g/mol. The van der Waals surface area contributed by atoms with E-state index in [0.717, 1.165) is 44.6 Å². The van der Waals surface area contributed by atoms with E-state index in [-0.39, 0.29) is 0 Å². The number of benzene rings is 10. The monoisotopic (exact) mass is 785 g/mol. The van der Waals surface area contributed by atoms with Gasteiger partial charge in [0.1, 0.15) is 0 Å². The fraction of sp³-hybridized carbons (Fsp3) is 0. The zero-order valence-electron chi connectivity index (χ0n) is 33.5. The topological polar surface area (TPSA) is 38.7 Å². The van der Waals surface area contributed by atoms with Gasteiger partial charge in [-0.2, -0.15) is 0 Å². The molecule has 0 amide bonds. The van der Waals surface area contributed by atoms with Crippen molar-refractivity contribution in [2.75, 3.05) is 0 Å². The van der Waals surface area contributed by atoms with Crippen LogP contribution < -0.4 is 0 Å². The minimum atomic E-state index is 0.695. The quantitative estimate of drug-likeness (QED) is 0.163. The summed E-state index contributed by atoms with van der Waals surface area (Å²) in [7, 11) is 0. The molecule has 0 bridgehead atoms. The number of pyridine rings is 1. The molecule has 0 aliphatic carbocycles. The molecule has 3 heteroatoms. The number of aromatic nitrogens is 3. The molecule has 0 aliphatic heterocycles. The van der Waals surface area contributed by atoms with Crippen LogP contribution in [0.15, 0.2) is 213 Å². The molecule has 62 heavy (non-hydrogen) atoms. The molecule has 2 heterocycles. The third-order valence-corrected chi connectivity index (χ3v) is 12.9. The standard InChI is InChI=1S/C59H35N3/c1-2-10-41(11-3-1)59-61-53(37-23-21-36(22-24-37)43-15-9-31-60-35-43)34-54(62-59)48-30-29-45(46-16-4-5-17-47(46)48)44-32-42-28-27-40-13-7-19-50-49-18-6-12-38-25-26-39-14-8-20-51(57(39)55(38)49)52(33-44)58(42)56(40)50/h1-35H. The summed E-state index contributed by atoms with van der Waals surface area (Å²) in [6.45, 7) is 0. The van der Waals surface area contributed by atoms with Gasteiger partial charge in [0.25, 0.3) is 0 Å². The minimum Gasteiger partial charge on any atom is -0.264 e. The molecule has 0 atom stereocenters. The van der Waals surface area contributed by atoms with Crippen molar-refractivity contribution in [3.8, 4) is 56.2 Å². The molecular formula is C59H35N3. The van der Waals surface area contributed by atoms with E-state index < -0.39 is 0 Å². The van der Waals surface area contributed by atoms with Crippen molar-refractivity contribution in [3.63, 3.8) is 0 Å². The van der Waals surface area contributed by atoms with E-state index >= 15 is 0 Å². The Bertz CT molecular complexity index is 3890. The van der Waals surface area contributed by atoms with Crippen molar-refractivity contribution in [1.82, 2.24) is 15.0 Å². The number of rotatable bonds is 5. The lowest BCUT2D eigenvalue weighted by Crippen LogP contribution is -1.97. The van der Waals surface area contributed by atoms with Gasteiger partial charge in [0, 0.05) is 29.1 Å². The summed E-state index contributed by atoms with van der Waals surface area (Å²) in [5.74, 6) is 0.695. The lowest BCUT2D eigenvalue weighted by Gasteiger charge is -2.18. The Hall–Kier alpha value is -8.27.